The van der Waals surface area contributed by atoms with Crippen molar-refractivity contribution >= 4 is 17.7 Å². The molecule has 3 rings (SSSR count). The normalized spacial score (nSPS) is 15.0. The smallest absolute Gasteiger partial charge is 0.233 e. The van der Waals surface area contributed by atoms with Crippen molar-refractivity contribution in [3.05, 3.63) is 54.4 Å². The lowest BCUT2D eigenvalue weighted by atomic mass is 10.2. The van der Waals surface area contributed by atoms with E-state index < -0.39 is 0 Å². The van der Waals surface area contributed by atoms with Crippen LogP contribution in [0.2, 0.25) is 0 Å². The molecule has 1 fully saturated rings. The van der Waals surface area contributed by atoms with Crippen molar-refractivity contribution in [1.82, 2.24) is 20.1 Å². The molecule has 0 aliphatic heterocycles. The highest BCUT2D eigenvalue weighted by Gasteiger charge is 2.30. The maximum absolute atomic E-state index is 12.3. The molecule has 0 spiro atoms. The SMILES string of the molecule is C=CCn1c(SC(C)C(=O)NCc2ccccc2)nnc1C1CC1. The summed E-state index contributed by atoms with van der Waals surface area (Å²) in [7, 11) is 0. The largest absolute Gasteiger partial charge is 0.351 e. The van der Waals surface area contributed by atoms with Crippen molar-refractivity contribution in [1.29, 1.82) is 0 Å². The fourth-order valence-corrected chi connectivity index (χ4v) is 3.36. The van der Waals surface area contributed by atoms with Crippen LogP contribution in [-0.4, -0.2) is 25.9 Å². The van der Waals surface area contributed by atoms with Gasteiger partial charge < -0.3 is 9.88 Å². The summed E-state index contributed by atoms with van der Waals surface area (Å²) in [5.41, 5.74) is 1.09. The minimum Gasteiger partial charge on any atom is -0.351 e. The first-order valence-corrected chi connectivity index (χ1v) is 9.09. The first kappa shape index (κ1) is 16.8. The standard InChI is InChI=1S/C18H22N4OS/c1-3-11-22-16(15-9-10-15)20-21-18(22)24-13(2)17(23)19-12-14-7-5-4-6-8-14/h3-8,13,15H,1,9-12H2,2H3,(H,19,23). The molecule has 1 aliphatic rings. The van der Waals surface area contributed by atoms with Gasteiger partial charge in [0.2, 0.25) is 5.91 Å². The molecular weight excluding hydrogens is 320 g/mol. The first-order chi connectivity index (χ1) is 11.7. The zero-order valence-corrected chi connectivity index (χ0v) is 14.6. The number of nitrogens with one attached hydrogen (secondary N) is 1. The summed E-state index contributed by atoms with van der Waals surface area (Å²) >= 11 is 1.45. The van der Waals surface area contributed by atoms with Gasteiger partial charge in [0.1, 0.15) is 5.82 Å². The summed E-state index contributed by atoms with van der Waals surface area (Å²) in [6.45, 7) is 6.93. The Labute approximate surface area is 146 Å². The zero-order valence-electron chi connectivity index (χ0n) is 13.8. The number of rotatable bonds is 8. The summed E-state index contributed by atoms with van der Waals surface area (Å²) < 4.78 is 2.08. The van der Waals surface area contributed by atoms with Gasteiger partial charge in [0.15, 0.2) is 5.16 Å². The van der Waals surface area contributed by atoms with Crippen LogP contribution in [0.1, 0.15) is 37.1 Å². The van der Waals surface area contributed by atoms with Gasteiger partial charge in [-0.3, -0.25) is 4.79 Å². The minimum absolute atomic E-state index is 0.00461. The molecular formula is C18H22N4OS. The summed E-state index contributed by atoms with van der Waals surface area (Å²) in [6, 6.07) is 9.91. The Balaban J connectivity index is 1.60. The molecule has 6 heteroatoms. The quantitative estimate of drug-likeness (QED) is 0.591. The summed E-state index contributed by atoms with van der Waals surface area (Å²) in [6.07, 6.45) is 4.19. The van der Waals surface area contributed by atoms with Crippen LogP contribution in [-0.2, 0) is 17.9 Å². The second-order valence-corrected chi connectivity index (χ2v) is 7.29. The monoisotopic (exact) mass is 342 g/mol. The average Bonchev–Trinajstić information content (AvgIpc) is 3.37. The van der Waals surface area contributed by atoms with Crippen molar-refractivity contribution in [3.8, 4) is 0 Å². The Bertz CT molecular complexity index is 709. The maximum Gasteiger partial charge on any atom is 0.233 e. The molecule has 2 aromatic rings. The molecule has 0 radical (unpaired) electrons. The number of aromatic nitrogens is 3. The topological polar surface area (TPSA) is 59.8 Å². The lowest BCUT2D eigenvalue weighted by molar-refractivity contribution is -0.120. The van der Waals surface area contributed by atoms with Gasteiger partial charge in [-0.25, -0.2) is 0 Å². The molecule has 24 heavy (non-hydrogen) atoms. The van der Waals surface area contributed by atoms with E-state index in [1.807, 2.05) is 43.3 Å². The predicted octanol–water partition coefficient (Wildman–Crippen LogP) is 3.14. The Morgan fingerprint density at radius 1 is 1.42 bits per heavy atom. The van der Waals surface area contributed by atoms with Crippen LogP contribution in [0.25, 0.3) is 0 Å². The van der Waals surface area contributed by atoms with Crippen molar-refractivity contribution in [2.45, 2.75) is 49.2 Å². The van der Waals surface area contributed by atoms with E-state index in [1.165, 1.54) is 24.6 Å². The van der Waals surface area contributed by atoms with Crippen molar-refractivity contribution in [2.24, 2.45) is 0 Å². The molecule has 1 atom stereocenters. The number of amides is 1. The average molecular weight is 342 g/mol. The Hall–Kier alpha value is -2.08. The molecule has 1 aromatic carbocycles. The number of thioether (sulfide) groups is 1. The predicted molar refractivity (Wildman–Crippen MR) is 95.8 cm³/mol. The van der Waals surface area contributed by atoms with Crippen LogP contribution in [0.5, 0.6) is 0 Å². The molecule has 1 aliphatic carbocycles. The summed E-state index contributed by atoms with van der Waals surface area (Å²) in [4.78, 5) is 12.3. The van der Waals surface area contributed by atoms with E-state index >= 15 is 0 Å². The number of carbonyl (C=O) groups excluding carboxylic acids is 1. The number of nitrogens with zero attached hydrogens (tertiary/aromatic N) is 3. The van der Waals surface area contributed by atoms with Crippen LogP contribution in [0.15, 0.2) is 48.1 Å². The second kappa shape index (κ2) is 7.66. The molecule has 0 bridgehead atoms. The van der Waals surface area contributed by atoms with Gasteiger partial charge in [-0.1, -0.05) is 48.2 Å². The van der Waals surface area contributed by atoms with E-state index in [-0.39, 0.29) is 11.2 Å². The third-order valence-electron chi connectivity index (χ3n) is 3.96. The Morgan fingerprint density at radius 3 is 2.83 bits per heavy atom. The number of hydrogen-bond donors (Lipinski definition) is 1. The molecule has 5 nitrogen and oxygen atoms in total. The van der Waals surface area contributed by atoms with Gasteiger partial charge in [0.25, 0.3) is 0 Å². The third kappa shape index (κ3) is 4.06. The van der Waals surface area contributed by atoms with Crippen LogP contribution in [0, 0.1) is 0 Å². The molecule has 1 heterocycles. The third-order valence-corrected chi connectivity index (χ3v) is 5.04. The Kier molecular flexibility index (Phi) is 5.35. The minimum atomic E-state index is -0.228. The molecule has 1 amide bonds. The fourth-order valence-electron chi connectivity index (χ4n) is 2.47. The van der Waals surface area contributed by atoms with Gasteiger partial charge >= 0.3 is 0 Å². The maximum atomic E-state index is 12.3. The van der Waals surface area contributed by atoms with Gasteiger partial charge in [-0.2, -0.15) is 0 Å². The molecule has 1 saturated carbocycles. The summed E-state index contributed by atoms with van der Waals surface area (Å²) in [5, 5.41) is 12.1. The van der Waals surface area contributed by atoms with Crippen LogP contribution in [0.4, 0.5) is 0 Å². The van der Waals surface area contributed by atoms with E-state index in [2.05, 4.69) is 26.7 Å². The zero-order chi connectivity index (χ0) is 16.9. The number of benzene rings is 1. The highest BCUT2D eigenvalue weighted by molar-refractivity contribution is 8.00. The highest BCUT2D eigenvalue weighted by atomic mass is 32.2. The van der Waals surface area contributed by atoms with Gasteiger partial charge in [-0.05, 0) is 25.3 Å². The van der Waals surface area contributed by atoms with Crippen molar-refractivity contribution < 1.29 is 4.79 Å². The molecule has 126 valence electrons. The van der Waals surface area contributed by atoms with Gasteiger partial charge in [-0.15, -0.1) is 16.8 Å². The molecule has 1 aromatic heterocycles. The van der Waals surface area contributed by atoms with Crippen LogP contribution < -0.4 is 5.32 Å². The summed E-state index contributed by atoms with van der Waals surface area (Å²) in [5.74, 6) is 1.55. The molecule has 0 saturated heterocycles. The second-order valence-electron chi connectivity index (χ2n) is 5.98. The fraction of sp³-hybridized carbons (Fsp3) is 0.389. The van der Waals surface area contributed by atoms with E-state index in [9.17, 15) is 4.79 Å². The first-order valence-electron chi connectivity index (χ1n) is 8.21. The Morgan fingerprint density at radius 2 is 2.17 bits per heavy atom. The van der Waals surface area contributed by atoms with Crippen LogP contribution >= 0.6 is 11.8 Å². The van der Waals surface area contributed by atoms with Crippen LogP contribution in [0.3, 0.4) is 0 Å². The number of carbonyl (C=O) groups is 1. The lowest BCUT2D eigenvalue weighted by Gasteiger charge is -2.13. The van der Waals surface area contributed by atoms with E-state index in [0.29, 0.717) is 19.0 Å². The van der Waals surface area contributed by atoms with E-state index in [1.54, 1.807) is 0 Å². The van der Waals surface area contributed by atoms with Crippen molar-refractivity contribution in [2.75, 3.05) is 0 Å². The van der Waals surface area contributed by atoms with E-state index in [4.69, 9.17) is 0 Å². The number of hydrogen-bond acceptors (Lipinski definition) is 4. The highest BCUT2D eigenvalue weighted by Crippen LogP contribution is 2.40. The van der Waals surface area contributed by atoms with Gasteiger partial charge in [0.05, 0.1) is 5.25 Å². The molecule has 1 unspecified atom stereocenters. The van der Waals surface area contributed by atoms with Crippen molar-refractivity contribution in [3.63, 3.8) is 0 Å². The lowest BCUT2D eigenvalue weighted by Crippen LogP contribution is -2.30. The van der Waals surface area contributed by atoms with E-state index in [0.717, 1.165) is 16.5 Å². The number of allylic oxidation sites excluding steroid dienone is 1. The molecule has 1 N–H and O–H groups in total. The van der Waals surface area contributed by atoms with Gasteiger partial charge in [0, 0.05) is 19.0 Å².